The number of nitrogens with zero attached hydrogens (tertiary/aromatic N) is 3. The number of hydrogen-bond donors (Lipinski definition) is 1. The van der Waals surface area contributed by atoms with Crippen LogP contribution in [0.1, 0.15) is 11.7 Å². The first-order valence-corrected chi connectivity index (χ1v) is 7.34. The second-order valence-electron chi connectivity index (χ2n) is 5.40. The molecule has 3 rings (SSSR count). The van der Waals surface area contributed by atoms with Gasteiger partial charge in [0.25, 0.3) is 5.69 Å². The zero-order valence-electron chi connectivity index (χ0n) is 12.8. The van der Waals surface area contributed by atoms with Crippen LogP contribution in [0.15, 0.2) is 54.9 Å². The molecule has 0 bridgehead atoms. The lowest BCUT2D eigenvalue weighted by atomic mass is 10.1. The van der Waals surface area contributed by atoms with Crippen LogP contribution in [0.25, 0.3) is 11.4 Å². The van der Waals surface area contributed by atoms with Crippen molar-refractivity contribution in [2.75, 3.05) is 0 Å². The topological polar surface area (TPSA) is 81.2 Å². The van der Waals surface area contributed by atoms with Crippen molar-refractivity contribution in [1.82, 2.24) is 9.55 Å². The van der Waals surface area contributed by atoms with Gasteiger partial charge in [-0.1, -0.05) is 6.07 Å². The summed E-state index contributed by atoms with van der Waals surface area (Å²) in [4.78, 5) is 14.4. The molecule has 25 heavy (non-hydrogen) atoms. The molecular weight excluding hydrogens is 332 g/mol. The standard InChI is InChI=1S/C17H13F2N3O3/c18-14-6-3-12(9-15(14)19)16(23)10-21-8-7-20-17(21)11-1-4-13(5-2-11)22(24)25/h1-9,16,23H,10H2. The third kappa shape index (κ3) is 3.53. The van der Waals surface area contributed by atoms with Gasteiger partial charge < -0.3 is 9.67 Å². The number of nitro benzene ring substituents is 1. The molecule has 8 heteroatoms. The second-order valence-corrected chi connectivity index (χ2v) is 5.40. The maximum absolute atomic E-state index is 13.3. The van der Waals surface area contributed by atoms with Gasteiger partial charge in [-0.15, -0.1) is 0 Å². The fraction of sp³-hybridized carbons (Fsp3) is 0.118. The van der Waals surface area contributed by atoms with Crippen molar-refractivity contribution in [2.24, 2.45) is 0 Å². The monoisotopic (exact) mass is 345 g/mol. The summed E-state index contributed by atoms with van der Waals surface area (Å²) >= 11 is 0. The summed E-state index contributed by atoms with van der Waals surface area (Å²) in [7, 11) is 0. The van der Waals surface area contributed by atoms with Crippen LogP contribution in [0.2, 0.25) is 0 Å². The summed E-state index contributed by atoms with van der Waals surface area (Å²) < 4.78 is 27.9. The number of aliphatic hydroxyl groups excluding tert-OH is 1. The molecule has 3 aromatic rings. The smallest absolute Gasteiger partial charge is 0.269 e. The van der Waals surface area contributed by atoms with Crippen molar-refractivity contribution in [1.29, 1.82) is 0 Å². The Morgan fingerprint density at radius 3 is 2.52 bits per heavy atom. The predicted molar refractivity (Wildman–Crippen MR) is 85.6 cm³/mol. The number of imidazole rings is 1. The van der Waals surface area contributed by atoms with E-state index < -0.39 is 22.7 Å². The van der Waals surface area contributed by atoms with E-state index in [1.54, 1.807) is 22.9 Å². The maximum atomic E-state index is 13.3. The highest BCUT2D eigenvalue weighted by atomic mass is 19.2. The van der Waals surface area contributed by atoms with Crippen LogP contribution in [0, 0.1) is 21.7 Å². The zero-order chi connectivity index (χ0) is 18.0. The lowest BCUT2D eigenvalue weighted by Gasteiger charge is -2.14. The summed E-state index contributed by atoms with van der Waals surface area (Å²) in [6, 6.07) is 9.05. The van der Waals surface area contributed by atoms with Crippen molar-refractivity contribution in [3.05, 3.63) is 82.2 Å². The Morgan fingerprint density at radius 1 is 1.16 bits per heavy atom. The molecule has 0 saturated heterocycles. The quantitative estimate of drug-likeness (QED) is 0.567. The lowest BCUT2D eigenvalue weighted by molar-refractivity contribution is -0.384. The number of benzene rings is 2. The van der Waals surface area contributed by atoms with E-state index in [0.717, 1.165) is 12.1 Å². The molecule has 128 valence electrons. The van der Waals surface area contributed by atoms with Crippen LogP contribution in [0.3, 0.4) is 0 Å². The first-order chi connectivity index (χ1) is 12.0. The fourth-order valence-electron chi connectivity index (χ4n) is 2.46. The minimum atomic E-state index is -1.07. The summed E-state index contributed by atoms with van der Waals surface area (Å²) in [5, 5.41) is 21.0. The zero-order valence-corrected chi connectivity index (χ0v) is 12.8. The van der Waals surface area contributed by atoms with E-state index in [4.69, 9.17) is 0 Å². The van der Waals surface area contributed by atoms with Gasteiger partial charge in [0.2, 0.25) is 0 Å². The highest BCUT2D eigenvalue weighted by Crippen LogP contribution is 2.24. The van der Waals surface area contributed by atoms with Gasteiger partial charge in [0.15, 0.2) is 11.6 Å². The molecular formula is C17H13F2N3O3. The SMILES string of the molecule is O=[N+]([O-])c1ccc(-c2nccn2CC(O)c2ccc(F)c(F)c2)cc1. The molecule has 2 aromatic carbocycles. The van der Waals surface area contributed by atoms with E-state index in [9.17, 15) is 24.0 Å². The van der Waals surface area contributed by atoms with Crippen LogP contribution in [-0.4, -0.2) is 19.6 Å². The molecule has 1 heterocycles. The first kappa shape index (κ1) is 16.7. The fourth-order valence-corrected chi connectivity index (χ4v) is 2.46. The van der Waals surface area contributed by atoms with Crippen molar-refractivity contribution in [3.63, 3.8) is 0 Å². The Bertz CT molecular complexity index is 910. The van der Waals surface area contributed by atoms with E-state index in [-0.39, 0.29) is 17.8 Å². The Balaban J connectivity index is 1.83. The lowest BCUT2D eigenvalue weighted by Crippen LogP contribution is -2.10. The van der Waals surface area contributed by atoms with Crippen molar-refractivity contribution < 1.29 is 18.8 Å². The van der Waals surface area contributed by atoms with E-state index in [2.05, 4.69) is 4.98 Å². The summed E-state index contributed by atoms with van der Waals surface area (Å²) in [5.74, 6) is -1.51. The molecule has 0 saturated carbocycles. The third-order valence-corrected chi connectivity index (χ3v) is 3.75. The minimum absolute atomic E-state index is 0.0383. The van der Waals surface area contributed by atoms with Gasteiger partial charge >= 0.3 is 0 Å². The second kappa shape index (κ2) is 6.78. The number of aliphatic hydroxyl groups is 1. The summed E-state index contributed by atoms with van der Waals surface area (Å²) in [6.45, 7) is 0.0669. The number of aromatic nitrogens is 2. The van der Waals surface area contributed by atoms with Crippen molar-refractivity contribution in [2.45, 2.75) is 12.6 Å². The Hall–Kier alpha value is -3.13. The van der Waals surface area contributed by atoms with Crippen LogP contribution in [0.4, 0.5) is 14.5 Å². The van der Waals surface area contributed by atoms with Crippen molar-refractivity contribution in [3.8, 4) is 11.4 Å². The molecule has 0 spiro atoms. The highest BCUT2D eigenvalue weighted by Gasteiger charge is 2.15. The largest absolute Gasteiger partial charge is 0.387 e. The average molecular weight is 345 g/mol. The Kier molecular flexibility index (Phi) is 4.53. The minimum Gasteiger partial charge on any atom is -0.387 e. The molecule has 0 radical (unpaired) electrons. The molecule has 0 amide bonds. The number of nitro groups is 1. The number of hydrogen-bond acceptors (Lipinski definition) is 4. The average Bonchev–Trinajstić information content (AvgIpc) is 3.05. The molecule has 0 aliphatic carbocycles. The maximum Gasteiger partial charge on any atom is 0.269 e. The first-order valence-electron chi connectivity index (χ1n) is 7.34. The summed E-state index contributed by atoms with van der Waals surface area (Å²) in [6.07, 6.45) is 2.08. The highest BCUT2D eigenvalue weighted by molar-refractivity contribution is 5.57. The van der Waals surface area contributed by atoms with Gasteiger partial charge in [-0.25, -0.2) is 13.8 Å². The number of halogens is 2. The molecule has 1 N–H and O–H groups in total. The normalized spacial score (nSPS) is 12.1. The van der Waals surface area contributed by atoms with Gasteiger partial charge in [0.05, 0.1) is 17.6 Å². The molecule has 0 aliphatic rings. The number of rotatable bonds is 5. The Labute approximate surface area is 141 Å². The summed E-state index contributed by atoms with van der Waals surface area (Å²) in [5.41, 5.74) is 0.832. The predicted octanol–water partition coefficient (Wildman–Crippen LogP) is 3.47. The van der Waals surface area contributed by atoms with Crippen LogP contribution < -0.4 is 0 Å². The van der Waals surface area contributed by atoms with Gasteiger partial charge in [-0.05, 0) is 29.8 Å². The number of non-ortho nitro benzene ring substituents is 1. The molecule has 1 atom stereocenters. The van der Waals surface area contributed by atoms with Crippen LogP contribution in [-0.2, 0) is 6.54 Å². The van der Waals surface area contributed by atoms with E-state index in [0.29, 0.717) is 11.4 Å². The van der Waals surface area contributed by atoms with Gasteiger partial charge in [-0.2, -0.15) is 0 Å². The van der Waals surface area contributed by atoms with Crippen molar-refractivity contribution >= 4 is 5.69 Å². The van der Waals surface area contributed by atoms with Gasteiger partial charge in [0, 0.05) is 30.1 Å². The molecule has 0 fully saturated rings. The molecule has 1 aromatic heterocycles. The van der Waals surface area contributed by atoms with Gasteiger partial charge in [0.1, 0.15) is 5.82 Å². The van der Waals surface area contributed by atoms with Gasteiger partial charge in [-0.3, -0.25) is 10.1 Å². The molecule has 0 aliphatic heterocycles. The third-order valence-electron chi connectivity index (χ3n) is 3.75. The molecule has 1 unspecified atom stereocenters. The van der Waals surface area contributed by atoms with E-state index in [1.165, 1.54) is 24.4 Å². The van der Waals surface area contributed by atoms with Crippen LogP contribution in [0.5, 0.6) is 0 Å². The van der Waals surface area contributed by atoms with E-state index >= 15 is 0 Å². The molecule has 6 nitrogen and oxygen atoms in total. The Morgan fingerprint density at radius 2 is 1.88 bits per heavy atom. The van der Waals surface area contributed by atoms with Crippen LogP contribution >= 0.6 is 0 Å². The van der Waals surface area contributed by atoms with E-state index in [1.807, 2.05) is 0 Å².